The largest absolute Gasteiger partial charge is 0.332 e. The molecule has 0 saturated carbocycles. The molecule has 3 nitrogen and oxygen atoms in total. The molecule has 0 heterocycles. The van der Waals surface area contributed by atoms with Gasteiger partial charge in [0.2, 0.25) is 5.91 Å². The Balaban J connectivity index is 1.96. The van der Waals surface area contributed by atoms with Crippen molar-refractivity contribution >= 4 is 51.5 Å². The summed E-state index contributed by atoms with van der Waals surface area (Å²) in [5.74, 6) is 0.00364. The van der Waals surface area contributed by atoms with Crippen LogP contribution in [0, 0.1) is 3.57 Å². The molecule has 1 amide bonds. The Kier molecular flexibility index (Phi) is 13.8. The quantitative estimate of drug-likeness (QED) is 0.182. The Morgan fingerprint density at radius 2 is 1.38 bits per heavy atom. The van der Waals surface area contributed by atoms with Gasteiger partial charge in [-0.15, -0.1) is 0 Å². The lowest BCUT2D eigenvalue weighted by atomic mass is 10.1. The van der Waals surface area contributed by atoms with E-state index >= 15 is 0 Å². The number of benzene rings is 1. The smallest absolute Gasteiger partial charge is 0.226 e. The first-order valence-corrected chi connectivity index (χ1v) is 11.5. The molecular weight excluding hydrogens is 455 g/mol. The van der Waals surface area contributed by atoms with Crippen molar-refractivity contribution in [2.45, 2.75) is 84.0 Å². The minimum atomic E-state index is 0.00364. The minimum absolute atomic E-state index is 0.00364. The number of carbonyl (C=O) groups is 1. The fourth-order valence-corrected chi connectivity index (χ4v) is 3.43. The molecule has 0 unspecified atom stereocenters. The summed E-state index contributed by atoms with van der Waals surface area (Å²) in [4.78, 5) is 11.9. The molecular formula is C21H33IN2OS. The van der Waals surface area contributed by atoms with E-state index in [0.29, 0.717) is 11.5 Å². The fraction of sp³-hybridized carbons (Fsp3) is 0.619. The van der Waals surface area contributed by atoms with E-state index in [1.807, 2.05) is 24.3 Å². The van der Waals surface area contributed by atoms with Gasteiger partial charge < -0.3 is 10.6 Å². The third-order valence-electron chi connectivity index (χ3n) is 4.36. The van der Waals surface area contributed by atoms with E-state index in [1.54, 1.807) is 0 Å². The van der Waals surface area contributed by atoms with Gasteiger partial charge >= 0.3 is 0 Å². The molecule has 0 aliphatic rings. The van der Waals surface area contributed by atoms with Crippen molar-refractivity contribution in [2.75, 3.05) is 5.32 Å². The molecule has 1 aromatic carbocycles. The van der Waals surface area contributed by atoms with E-state index in [4.69, 9.17) is 12.2 Å². The molecule has 0 bridgehead atoms. The average molecular weight is 488 g/mol. The maximum atomic E-state index is 11.9. The van der Waals surface area contributed by atoms with Crippen LogP contribution < -0.4 is 10.6 Å². The molecule has 0 fully saturated rings. The molecule has 1 aromatic rings. The SMILES string of the molecule is CCCCCCCCCCCCCC(=O)NC(=S)Nc1ccc(I)cc1. The highest BCUT2D eigenvalue weighted by molar-refractivity contribution is 14.1. The van der Waals surface area contributed by atoms with Gasteiger partial charge in [0.15, 0.2) is 5.11 Å². The second-order valence-electron chi connectivity index (χ2n) is 6.79. The predicted molar refractivity (Wildman–Crippen MR) is 125 cm³/mol. The standard InChI is InChI=1S/C21H33IN2OS/c1-2-3-4-5-6-7-8-9-10-11-12-13-20(25)24-21(26)23-19-16-14-18(22)15-17-19/h14-17H,2-13H2,1H3,(H2,23,24,25,26). The third-order valence-corrected chi connectivity index (χ3v) is 5.29. The third kappa shape index (κ3) is 12.6. The molecule has 2 N–H and O–H groups in total. The van der Waals surface area contributed by atoms with Crippen LogP contribution >= 0.6 is 34.8 Å². The van der Waals surface area contributed by atoms with Crippen LogP contribution in [0.25, 0.3) is 0 Å². The minimum Gasteiger partial charge on any atom is -0.332 e. The van der Waals surface area contributed by atoms with Gasteiger partial charge in [-0.25, -0.2) is 0 Å². The van der Waals surface area contributed by atoms with Crippen LogP contribution in [0.15, 0.2) is 24.3 Å². The number of halogens is 1. The molecule has 0 radical (unpaired) electrons. The summed E-state index contributed by atoms with van der Waals surface area (Å²) >= 11 is 7.44. The van der Waals surface area contributed by atoms with Crippen LogP contribution in [0.1, 0.15) is 84.0 Å². The van der Waals surface area contributed by atoms with Gasteiger partial charge in [-0.2, -0.15) is 0 Å². The topological polar surface area (TPSA) is 41.1 Å². The fourth-order valence-electron chi connectivity index (χ4n) is 2.83. The lowest BCUT2D eigenvalue weighted by Gasteiger charge is -2.09. The van der Waals surface area contributed by atoms with E-state index in [0.717, 1.165) is 18.5 Å². The van der Waals surface area contributed by atoms with Crippen LogP contribution in [-0.4, -0.2) is 11.0 Å². The van der Waals surface area contributed by atoms with Gasteiger partial charge in [0.25, 0.3) is 0 Å². The summed E-state index contributed by atoms with van der Waals surface area (Å²) in [6, 6.07) is 7.89. The maximum absolute atomic E-state index is 11.9. The van der Waals surface area contributed by atoms with Crippen molar-refractivity contribution < 1.29 is 4.79 Å². The highest BCUT2D eigenvalue weighted by Gasteiger charge is 2.05. The lowest BCUT2D eigenvalue weighted by Crippen LogP contribution is -2.33. The van der Waals surface area contributed by atoms with E-state index in [-0.39, 0.29) is 5.91 Å². The molecule has 0 aliphatic carbocycles. The van der Waals surface area contributed by atoms with Gasteiger partial charge in [0.1, 0.15) is 0 Å². The summed E-state index contributed by atoms with van der Waals surface area (Å²) in [6.07, 6.45) is 14.7. The second kappa shape index (κ2) is 15.4. The number of thiocarbonyl (C=S) groups is 1. The van der Waals surface area contributed by atoms with E-state index in [9.17, 15) is 4.79 Å². The summed E-state index contributed by atoms with van der Waals surface area (Å²) < 4.78 is 1.17. The molecule has 0 aliphatic heterocycles. The molecule has 0 atom stereocenters. The van der Waals surface area contributed by atoms with Crippen LogP contribution in [0.3, 0.4) is 0 Å². The highest BCUT2D eigenvalue weighted by atomic mass is 127. The maximum Gasteiger partial charge on any atom is 0.226 e. The summed E-state index contributed by atoms with van der Waals surface area (Å²) in [5, 5.41) is 6.17. The zero-order valence-electron chi connectivity index (χ0n) is 16.0. The Morgan fingerprint density at radius 3 is 1.92 bits per heavy atom. The van der Waals surface area contributed by atoms with Crippen LogP contribution in [-0.2, 0) is 4.79 Å². The number of nitrogens with one attached hydrogen (secondary N) is 2. The second-order valence-corrected chi connectivity index (χ2v) is 8.45. The van der Waals surface area contributed by atoms with Crippen molar-refractivity contribution in [2.24, 2.45) is 0 Å². The highest BCUT2D eigenvalue weighted by Crippen LogP contribution is 2.12. The van der Waals surface area contributed by atoms with Crippen molar-refractivity contribution in [1.82, 2.24) is 5.32 Å². The van der Waals surface area contributed by atoms with Crippen LogP contribution in [0.4, 0.5) is 5.69 Å². The molecule has 146 valence electrons. The molecule has 0 saturated heterocycles. The molecule has 0 spiro atoms. The number of hydrogen-bond donors (Lipinski definition) is 2. The Bertz CT molecular complexity index is 519. The zero-order valence-corrected chi connectivity index (χ0v) is 19.0. The van der Waals surface area contributed by atoms with Gasteiger partial charge in [0.05, 0.1) is 0 Å². The Morgan fingerprint density at radius 1 is 0.885 bits per heavy atom. The molecule has 5 heteroatoms. The van der Waals surface area contributed by atoms with Gasteiger partial charge in [0, 0.05) is 15.7 Å². The molecule has 1 rings (SSSR count). The number of anilines is 1. The van der Waals surface area contributed by atoms with Crippen LogP contribution in [0.2, 0.25) is 0 Å². The van der Waals surface area contributed by atoms with E-state index in [1.165, 1.54) is 61.4 Å². The number of carbonyl (C=O) groups excluding carboxylic acids is 1. The Hall–Kier alpha value is -0.690. The van der Waals surface area contributed by atoms with Crippen molar-refractivity contribution in [3.63, 3.8) is 0 Å². The summed E-state index contributed by atoms with van der Waals surface area (Å²) in [6.45, 7) is 2.26. The number of hydrogen-bond acceptors (Lipinski definition) is 2. The van der Waals surface area contributed by atoms with Gasteiger partial charge in [-0.1, -0.05) is 71.1 Å². The predicted octanol–water partition coefficient (Wildman–Crippen LogP) is 6.81. The monoisotopic (exact) mass is 488 g/mol. The lowest BCUT2D eigenvalue weighted by molar-refractivity contribution is -0.119. The van der Waals surface area contributed by atoms with Crippen molar-refractivity contribution in [1.29, 1.82) is 0 Å². The van der Waals surface area contributed by atoms with Crippen molar-refractivity contribution in [3.05, 3.63) is 27.8 Å². The Labute approximate surface area is 178 Å². The number of rotatable bonds is 13. The van der Waals surface area contributed by atoms with Crippen LogP contribution in [0.5, 0.6) is 0 Å². The summed E-state index contributed by atoms with van der Waals surface area (Å²) in [5.41, 5.74) is 0.894. The first kappa shape index (κ1) is 23.3. The van der Waals surface area contributed by atoms with Crippen molar-refractivity contribution in [3.8, 4) is 0 Å². The first-order chi connectivity index (χ1) is 12.6. The summed E-state index contributed by atoms with van der Waals surface area (Å²) in [7, 11) is 0. The number of unbranched alkanes of at least 4 members (excludes halogenated alkanes) is 10. The normalized spacial score (nSPS) is 10.5. The average Bonchev–Trinajstić information content (AvgIpc) is 2.61. The zero-order chi connectivity index (χ0) is 19.0. The van der Waals surface area contributed by atoms with Gasteiger partial charge in [-0.05, 0) is 65.5 Å². The molecule has 0 aromatic heterocycles. The number of amides is 1. The molecule has 26 heavy (non-hydrogen) atoms. The van der Waals surface area contributed by atoms with E-state index < -0.39 is 0 Å². The van der Waals surface area contributed by atoms with E-state index in [2.05, 4.69) is 40.1 Å². The van der Waals surface area contributed by atoms with Gasteiger partial charge in [-0.3, -0.25) is 4.79 Å². The first-order valence-electron chi connectivity index (χ1n) is 9.98.